The first-order chi connectivity index (χ1) is 35.0. The first kappa shape index (κ1) is 43.3. The Labute approximate surface area is 418 Å². The van der Waals surface area contributed by atoms with Crippen LogP contribution in [0.1, 0.15) is 25.0 Å². The van der Waals surface area contributed by atoms with Gasteiger partial charge < -0.3 is 9.80 Å². The van der Waals surface area contributed by atoms with E-state index >= 15 is 0 Å². The average Bonchev–Trinajstić information content (AvgIpc) is 3.67. The minimum absolute atomic E-state index is 0.127. The van der Waals surface area contributed by atoms with Gasteiger partial charge in [-0.15, -0.1) is 0 Å². The zero-order valence-corrected chi connectivity index (χ0v) is 40.0. The molecule has 0 saturated heterocycles. The third-order valence-electron chi connectivity index (χ3n) is 14.3. The molecule has 71 heavy (non-hydrogen) atoms. The smallest absolute Gasteiger partial charge is 0.0465 e. The van der Waals surface area contributed by atoms with Crippen molar-refractivity contribution in [3.8, 4) is 66.8 Å². The minimum Gasteiger partial charge on any atom is -0.311 e. The molecule has 2 heteroatoms. The van der Waals surface area contributed by atoms with E-state index in [9.17, 15) is 0 Å². The predicted octanol–water partition coefficient (Wildman–Crippen LogP) is 19.3. The fourth-order valence-electron chi connectivity index (χ4n) is 10.7. The normalized spacial score (nSPS) is 12.2. The number of hydrogen-bond donors (Lipinski definition) is 0. The zero-order valence-electron chi connectivity index (χ0n) is 40.0. The van der Waals surface area contributed by atoms with Crippen LogP contribution in [-0.2, 0) is 5.41 Å². The topological polar surface area (TPSA) is 6.48 Å². The lowest BCUT2D eigenvalue weighted by atomic mass is 9.82. The second kappa shape index (κ2) is 18.5. The standard InChI is InChI=1S/C69H52N2/c1-69(2)67-31-19-18-30-61(67)62-45-44-60(46-68(62)69)71(58-38-32-50(33-39-58)49-20-8-3-9-21-49)59-42-36-54(37-43-59)66-48-63(51-22-10-4-11-23-51)65(47-64(66)52-24-12-5-13-25-52)53-34-40-57(41-35-53)70(55-26-14-6-15-27-55)56-28-16-7-17-29-56/h3-48H,1-2H3. The lowest BCUT2D eigenvalue weighted by Crippen LogP contribution is -2.16. The predicted molar refractivity (Wildman–Crippen MR) is 301 cm³/mol. The van der Waals surface area contributed by atoms with Gasteiger partial charge in [-0.1, -0.05) is 208 Å². The number of anilines is 6. The number of rotatable bonds is 11. The summed E-state index contributed by atoms with van der Waals surface area (Å²) in [5, 5.41) is 0. The molecule has 1 aliphatic carbocycles. The number of nitrogens with zero attached hydrogens (tertiary/aromatic N) is 2. The van der Waals surface area contributed by atoms with Gasteiger partial charge in [-0.3, -0.25) is 0 Å². The third-order valence-corrected chi connectivity index (χ3v) is 14.3. The molecular formula is C69H52N2. The summed E-state index contributed by atoms with van der Waals surface area (Å²) in [6.07, 6.45) is 0. The van der Waals surface area contributed by atoms with Crippen LogP contribution >= 0.6 is 0 Å². The van der Waals surface area contributed by atoms with Crippen molar-refractivity contribution < 1.29 is 0 Å². The second-order valence-electron chi connectivity index (χ2n) is 18.9. The summed E-state index contributed by atoms with van der Waals surface area (Å²) in [5.74, 6) is 0. The maximum atomic E-state index is 2.42. The monoisotopic (exact) mass is 908 g/mol. The highest BCUT2D eigenvalue weighted by molar-refractivity contribution is 5.96. The molecule has 0 radical (unpaired) electrons. The Balaban J connectivity index is 0.977. The van der Waals surface area contributed by atoms with Crippen LogP contribution in [0.2, 0.25) is 0 Å². The zero-order chi connectivity index (χ0) is 47.7. The summed E-state index contributed by atoms with van der Waals surface area (Å²) in [6.45, 7) is 4.71. The van der Waals surface area contributed by atoms with E-state index in [4.69, 9.17) is 0 Å². The van der Waals surface area contributed by atoms with Crippen LogP contribution in [0.3, 0.4) is 0 Å². The molecule has 11 aromatic rings. The maximum absolute atomic E-state index is 2.42. The first-order valence-electron chi connectivity index (χ1n) is 24.6. The number of benzene rings is 11. The lowest BCUT2D eigenvalue weighted by molar-refractivity contribution is 0.660. The van der Waals surface area contributed by atoms with Gasteiger partial charge in [-0.05, 0) is 163 Å². The van der Waals surface area contributed by atoms with Gasteiger partial charge in [-0.2, -0.15) is 0 Å². The Hall–Kier alpha value is -8.98. The fourth-order valence-corrected chi connectivity index (χ4v) is 10.7. The molecular weight excluding hydrogens is 857 g/mol. The minimum atomic E-state index is -0.127. The molecule has 0 aromatic heterocycles. The number of hydrogen-bond acceptors (Lipinski definition) is 2. The lowest BCUT2D eigenvalue weighted by Gasteiger charge is -2.28. The Morgan fingerprint density at radius 3 is 0.958 bits per heavy atom. The van der Waals surface area contributed by atoms with Gasteiger partial charge in [0.2, 0.25) is 0 Å². The van der Waals surface area contributed by atoms with Crippen molar-refractivity contribution in [2.45, 2.75) is 19.3 Å². The van der Waals surface area contributed by atoms with Crippen molar-refractivity contribution in [3.63, 3.8) is 0 Å². The molecule has 0 saturated carbocycles. The van der Waals surface area contributed by atoms with Gasteiger partial charge in [0.05, 0.1) is 0 Å². The Morgan fingerprint density at radius 2 is 0.507 bits per heavy atom. The highest BCUT2D eigenvalue weighted by Crippen LogP contribution is 2.51. The summed E-state index contributed by atoms with van der Waals surface area (Å²) >= 11 is 0. The molecule has 1 aliphatic rings. The fraction of sp³-hybridized carbons (Fsp3) is 0.0435. The summed E-state index contributed by atoms with van der Waals surface area (Å²) in [4.78, 5) is 4.73. The van der Waals surface area contributed by atoms with Crippen LogP contribution in [0.15, 0.2) is 279 Å². The molecule has 0 spiro atoms. The van der Waals surface area contributed by atoms with E-state index < -0.39 is 0 Å². The van der Waals surface area contributed by atoms with Gasteiger partial charge in [0.25, 0.3) is 0 Å². The molecule has 0 bridgehead atoms. The van der Waals surface area contributed by atoms with Crippen LogP contribution < -0.4 is 9.80 Å². The molecule has 0 fully saturated rings. The van der Waals surface area contributed by atoms with E-state index in [-0.39, 0.29) is 5.41 Å². The van der Waals surface area contributed by atoms with Crippen LogP contribution in [0.5, 0.6) is 0 Å². The van der Waals surface area contributed by atoms with Crippen molar-refractivity contribution in [1.82, 2.24) is 0 Å². The molecule has 12 rings (SSSR count). The SMILES string of the molecule is CC1(C)c2ccccc2-c2ccc(N(c3ccc(-c4ccccc4)cc3)c3ccc(-c4cc(-c5ccccc5)c(-c5ccc(N(c6ccccc6)c6ccccc6)cc5)cc4-c4ccccc4)cc3)cc21. The van der Waals surface area contributed by atoms with Crippen LogP contribution in [0, 0.1) is 0 Å². The maximum Gasteiger partial charge on any atom is 0.0465 e. The molecule has 2 nitrogen and oxygen atoms in total. The van der Waals surface area contributed by atoms with Gasteiger partial charge in [0.1, 0.15) is 0 Å². The van der Waals surface area contributed by atoms with Crippen molar-refractivity contribution in [2.75, 3.05) is 9.80 Å². The summed E-state index contributed by atoms with van der Waals surface area (Å²) < 4.78 is 0. The molecule has 0 aliphatic heterocycles. The third kappa shape index (κ3) is 8.20. The summed E-state index contributed by atoms with van der Waals surface area (Å²) in [7, 11) is 0. The Kier molecular flexibility index (Phi) is 11.3. The van der Waals surface area contributed by atoms with Crippen molar-refractivity contribution in [1.29, 1.82) is 0 Å². The first-order valence-corrected chi connectivity index (χ1v) is 24.6. The van der Waals surface area contributed by atoms with E-state index in [0.29, 0.717) is 0 Å². The van der Waals surface area contributed by atoms with Gasteiger partial charge in [0.15, 0.2) is 0 Å². The van der Waals surface area contributed by atoms with E-state index in [0.717, 1.165) is 45.3 Å². The molecule has 0 N–H and O–H groups in total. The van der Waals surface area contributed by atoms with Crippen molar-refractivity contribution in [2.24, 2.45) is 0 Å². The molecule has 11 aromatic carbocycles. The van der Waals surface area contributed by atoms with Gasteiger partial charge in [-0.25, -0.2) is 0 Å². The number of para-hydroxylation sites is 2. The summed E-state index contributed by atoms with van der Waals surface area (Å²) in [5.41, 5.74) is 23.7. The van der Waals surface area contributed by atoms with E-state index in [2.05, 4.69) is 303 Å². The Bertz CT molecular complexity index is 3570. The molecule has 0 heterocycles. The van der Waals surface area contributed by atoms with Crippen LogP contribution in [0.25, 0.3) is 66.8 Å². The molecule has 0 unspecified atom stereocenters. The summed E-state index contributed by atoms with van der Waals surface area (Å²) in [6, 6.07) is 101. The highest BCUT2D eigenvalue weighted by atomic mass is 15.1. The highest BCUT2D eigenvalue weighted by Gasteiger charge is 2.35. The average molecular weight is 909 g/mol. The van der Waals surface area contributed by atoms with Crippen molar-refractivity contribution in [3.05, 3.63) is 290 Å². The van der Waals surface area contributed by atoms with E-state index in [1.807, 2.05) is 0 Å². The second-order valence-corrected chi connectivity index (χ2v) is 18.9. The van der Waals surface area contributed by atoms with Crippen LogP contribution in [-0.4, -0.2) is 0 Å². The molecule has 338 valence electrons. The van der Waals surface area contributed by atoms with Gasteiger partial charge >= 0.3 is 0 Å². The number of fused-ring (bicyclic) bond motifs is 3. The van der Waals surface area contributed by atoms with E-state index in [1.54, 1.807) is 0 Å². The van der Waals surface area contributed by atoms with Gasteiger partial charge in [0, 0.05) is 39.5 Å². The Morgan fingerprint density at radius 1 is 0.211 bits per heavy atom. The molecule has 0 atom stereocenters. The van der Waals surface area contributed by atoms with Crippen LogP contribution in [0.4, 0.5) is 34.1 Å². The largest absolute Gasteiger partial charge is 0.311 e. The molecule has 0 amide bonds. The van der Waals surface area contributed by atoms with E-state index in [1.165, 1.54) is 66.8 Å². The van der Waals surface area contributed by atoms with Crippen molar-refractivity contribution >= 4 is 34.1 Å². The quantitative estimate of drug-likeness (QED) is 0.128.